The van der Waals surface area contributed by atoms with Crippen molar-refractivity contribution in [3.63, 3.8) is 0 Å². The third-order valence-corrected chi connectivity index (χ3v) is 4.04. The van der Waals surface area contributed by atoms with Gasteiger partial charge in [-0.25, -0.2) is 4.39 Å². The Balaban J connectivity index is 2.95. The molecule has 0 heterocycles. The molecule has 0 saturated heterocycles. The van der Waals surface area contributed by atoms with Crippen LogP contribution >= 0.6 is 15.9 Å². The van der Waals surface area contributed by atoms with Crippen molar-refractivity contribution in [3.05, 3.63) is 34.1 Å². The molecule has 0 aliphatic carbocycles. The minimum Gasteiger partial charge on any atom is -0.330 e. The number of nitrogens with two attached hydrogens (primary N) is 1. The van der Waals surface area contributed by atoms with Crippen LogP contribution in [-0.4, -0.2) is 24.5 Å². The van der Waals surface area contributed by atoms with Crippen molar-refractivity contribution in [1.29, 1.82) is 0 Å². The van der Waals surface area contributed by atoms with Crippen molar-refractivity contribution < 1.29 is 4.39 Å². The third-order valence-electron chi connectivity index (χ3n) is 3.55. The average molecular weight is 331 g/mol. The molecule has 2 N–H and O–H groups in total. The number of hydrogen-bond donors (Lipinski definition) is 1. The standard InChI is InChI=1S/C15H24BrFN2/c1-5-19(10-15(3,4)9-18)11(2)13-8-12(16)6-7-14(13)17/h6-8,11H,5,9-10,18H2,1-4H3. The summed E-state index contributed by atoms with van der Waals surface area (Å²) >= 11 is 3.41. The maximum absolute atomic E-state index is 14.0. The fraction of sp³-hybridized carbons (Fsp3) is 0.600. The van der Waals surface area contributed by atoms with Crippen LogP contribution < -0.4 is 5.73 Å². The van der Waals surface area contributed by atoms with Crippen molar-refractivity contribution in [1.82, 2.24) is 4.90 Å². The first-order chi connectivity index (χ1) is 8.80. The van der Waals surface area contributed by atoms with Crippen molar-refractivity contribution >= 4 is 15.9 Å². The quantitative estimate of drug-likeness (QED) is 0.855. The zero-order valence-electron chi connectivity index (χ0n) is 12.2. The molecule has 0 aromatic heterocycles. The molecular weight excluding hydrogens is 307 g/mol. The molecule has 0 saturated carbocycles. The van der Waals surface area contributed by atoms with Crippen LogP contribution in [0.1, 0.15) is 39.3 Å². The molecule has 0 spiro atoms. The molecule has 1 rings (SSSR count). The highest BCUT2D eigenvalue weighted by molar-refractivity contribution is 9.10. The Morgan fingerprint density at radius 3 is 2.58 bits per heavy atom. The van der Waals surface area contributed by atoms with Gasteiger partial charge >= 0.3 is 0 Å². The van der Waals surface area contributed by atoms with Crippen LogP contribution in [0.3, 0.4) is 0 Å². The van der Waals surface area contributed by atoms with Gasteiger partial charge in [-0.2, -0.15) is 0 Å². The van der Waals surface area contributed by atoms with Gasteiger partial charge in [0.1, 0.15) is 5.82 Å². The van der Waals surface area contributed by atoms with E-state index in [9.17, 15) is 4.39 Å². The summed E-state index contributed by atoms with van der Waals surface area (Å²) in [6.07, 6.45) is 0. The first-order valence-corrected chi connectivity index (χ1v) is 7.49. The molecule has 1 atom stereocenters. The summed E-state index contributed by atoms with van der Waals surface area (Å²) < 4.78 is 14.9. The van der Waals surface area contributed by atoms with Crippen LogP contribution in [0.5, 0.6) is 0 Å². The molecule has 0 aliphatic rings. The van der Waals surface area contributed by atoms with Gasteiger partial charge in [-0.15, -0.1) is 0 Å². The lowest BCUT2D eigenvalue weighted by Crippen LogP contribution is -2.40. The second kappa shape index (κ2) is 6.82. The van der Waals surface area contributed by atoms with E-state index in [4.69, 9.17) is 5.73 Å². The number of benzene rings is 1. The van der Waals surface area contributed by atoms with Gasteiger partial charge < -0.3 is 5.73 Å². The van der Waals surface area contributed by atoms with Crippen molar-refractivity contribution in [2.24, 2.45) is 11.1 Å². The first-order valence-electron chi connectivity index (χ1n) is 6.70. The Kier molecular flexibility index (Phi) is 5.96. The van der Waals surface area contributed by atoms with E-state index in [0.717, 1.165) is 23.1 Å². The largest absolute Gasteiger partial charge is 0.330 e. The summed E-state index contributed by atoms with van der Waals surface area (Å²) in [6, 6.07) is 5.13. The van der Waals surface area contributed by atoms with Crippen LogP contribution in [-0.2, 0) is 0 Å². The Morgan fingerprint density at radius 2 is 2.05 bits per heavy atom. The molecule has 0 radical (unpaired) electrons. The van der Waals surface area contributed by atoms with E-state index >= 15 is 0 Å². The summed E-state index contributed by atoms with van der Waals surface area (Å²) in [5, 5.41) is 0. The van der Waals surface area contributed by atoms with E-state index in [1.165, 1.54) is 6.07 Å². The SMILES string of the molecule is CCN(CC(C)(C)CN)C(C)c1cc(Br)ccc1F. The maximum atomic E-state index is 14.0. The average Bonchev–Trinajstić information content (AvgIpc) is 2.38. The molecule has 1 unspecified atom stereocenters. The monoisotopic (exact) mass is 330 g/mol. The molecule has 0 fully saturated rings. The second-order valence-corrected chi connectivity index (χ2v) is 6.69. The first kappa shape index (κ1) is 16.6. The van der Waals surface area contributed by atoms with Crippen LogP contribution in [0, 0.1) is 11.2 Å². The summed E-state index contributed by atoms with van der Waals surface area (Å²) in [6.45, 7) is 10.8. The predicted molar refractivity (Wildman–Crippen MR) is 82.6 cm³/mol. The van der Waals surface area contributed by atoms with Crippen molar-refractivity contribution in [2.45, 2.75) is 33.7 Å². The summed E-state index contributed by atoms with van der Waals surface area (Å²) in [5.41, 5.74) is 6.55. The Morgan fingerprint density at radius 1 is 1.42 bits per heavy atom. The third kappa shape index (κ3) is 4.55. The normalized spacial score (nSPS) is 13.9. The van der Waals surface area contributed by atoms with Gasteiger partial charge in [-0.3, -0.25) is 4.90 Å². The van der Waals surface area contributed by atoms with Crippen LogP contribution in [0.2, 0.25) is 0 Å². The van der Waals surface area contributed by atoms with Crippen LogP contribution in [0.4, 0.5) is 4.39 Å². The molecule has 19 heavy (non-hydrogen) atoms. The fourth-order valence-electron chi connectivity index (χ4n) is 2.17. The van der Waals surface area contributed by atoms with E-state index in [1.807, 2.05) is 13.0 Å². The summed E-state index contributed by atoms with van der Waals surface area (Å²) in [4.78, 5) is 2.26. The van der Waals surface area contributed by atoms with Gasteiger partial charge in [-0.1, -0.05) is 36.7 Å². The number of rotatable bonds is 6. The molecule has 0 amide bonds. The lowest BCUT2D eigenvalue weighted by molar-refractivity contribution is 0.145. The minimum atomic E-state index is -0.153. The zero-order valence-corrected chi connectivity index (χ0v) is 13.8. The topological polar surface area (TPSA) is 29.3 Å². The van der Waals surface area contributed by atoms with E-state index in [2.05, 4.69) is 41.6 Å². The van der Waals surface area contributed by atoms with Crippen molar-refractivity contribution in [2.75, 3.05) is 19.6 Å². The van der Waals surface area contributed by atoms with Gasteiger partial charge in [0, 0.05) is 22.6 Å². The van der Waals surface area contributed by atoms with Gasteiger partial charge in [-0.05, 0) is 43.6 Å². The molecule has 2 nitrogen and oxygen atoms in total. The van der Waals surface area contributed by atoms with Gasteiger partial charge in [0.05, 0.1) is 0 Å². The molecule has 0 bridgehead atoms. The lowest BCUT2D eigenvalue weighted by atomic mass is 9.92. The molecular formula is C15H24BrFN2. The second-order valence-electron chi connectivity index (χ2n) is 5.77. The van der Waals surface area contributed by atoms with E-state index in [-0.39, 0.29) is 17.3 Å². The number of halogens is 2. The van der Waals surface area contributed by atoms with Gasteiger partial charge in [0.25, 0.3) is 0 Å². The highest BCUT2D eigenvalue weighted by Gasteiger charge is 2.24. The lowest BCUT2D eigenvalue weighted by Gasteiger charge is -2.35. The highest BCUT2D eigenvalue weighted by Crippen LogP contribution is 2.28. The molecule has 4 heteroatoms. The maximum Gasteiger partial charge on any atom is 0.128 e. The zero-order chi connectivity index (χ0) is 14.6. The van der Waals surface area contributed by atoms with Crippen molar-refractivity contribution in [3.8, 4) is 0 Å². The smallest absolute Gasteiger partial charge is 0.128 e. The van der Waals surface area contributed by atoms with Gasteiger partial charge in [0.15, 0.2) is 0 Å². The Bertz CT molecular complexity index is 421. The van der Waals surface area contributed by atoms with E-state index in [0.29, 0.717) is 6.54 Å². The minimum absolute atomic E-state index is 0.0345. The molecule has 1 aromatic carbocycles. The summed E-state index contributed by atoms with van der Waals surface area (Å²) in [5.74, 6) is -0.153. The Labute approximate surface area is 124 Å². The molecule has 0 aliphatic heterocycles. The van der Waals surface area contributed by atoms with E-state index in [1.54, 1.807) is 6.07 Å². The van der Waals surface area contributed by atoms with Gasteiger partial charge in [0.2, 0.25) is 0 Å². The number of nitrogens with zero attached hydrogens (tertiary/aromatic N) is 1. The summed E-state index contributed by atoms with van der Waals surface area (Å²) in [7, 11) is 0. The number of hydrogen-bond acceptors (Lipinski definition) is 2. The van der Waals surface area contributed by atoms with Crippen LogP contribution in [0.25, 0.3) is 0 Å². The molecule has 1 aromatic rings. The predicted octanol–water partition coefficient (Wildman–Crippen LogP) is 3.96. The van der Waals surface area contributed by atoms with Crippen LogP contribution in [0.15, 0.2) is 22.7 Å². The molecule has 108 valence electrons. The highest BCUT2D eigenvalue weighted by atomic mass is 79.9. The Hall–Kier alpha value is -0.450. The fourth-order valence-corrected chi connectivity index (χ4v) is 2.55. The van der Waals surface area contributed by atoms with E-state index < -0.39 is 0 Å².